The van der Waals surface area contributed by atoms with Gasteiger partial charge in [0.2, 0.25) is 5.91 Å². The van der Waals surface area contributed by atoms with Crippen molar-refractivity contribution >= 4 is 28.5 Å². The van der Waals surface area contributed by atoms with E-state index in [0.717, 1.165) is 60.1 Å². The molecule has 1 saturated heterocycles. The maximum Gasteiger partial charge on any atom is 0.404 e. The molecule has 3 aromatic rings. The largest absolute Gasteiger partial charge is 0.465 e. The average molecular weight is 418 g/mol. The zero-order valence-corrected chi connectivity index (χ0v) is 17.5. The van der Waals surface area contributed by atoms with Gasteiger partial charge in [-0.1, -0.05) is 24.3 Å². The summed E-state index contributed by atoms with van der Waals surface area (Å²) in [6, 6.07) is 14.3. The van der Waals surface area contributed by atoms with E-state index in [9.17, 15) is 9.59 Å². The Morgan fingerprint density at radius 1 is 1.10 bits per heavy atom. The second-order valence-corrected chi connectivity index (χ2v) is 8.00. The first-order valence-corrected chi connectivity index (χ1v) is 10.4. The molecule has 1 fully saturated rings. The third-order valence-electron chi connectivity index (χ3n) is 5.66. The highest BCUT2D eigenvalue weighted by Crippen LogP contribution is 2.30. The van der Waals surface area contributed by atoms with E-state index >= 15 is 0 Å². The van der Waals surface area contributed by atoms with E-state index in [2.05, 4.69) is 38.7 Å². The van der Waals surface area contributed by atoms with Crippen molar-refractivity contribution in [3.05, 3.63) is 60.4 Å². The summed E-state index contributed by atoms with van der Waals surface area (Å²) in [6.07, 6.45) is 4.46. The van der Waals surface area contributed by atoms with Gasteiger partial charge in [-0.3, -0.25) is 14.7 Å². The monoisotopic (exact) mass is 418 g/mol. The van der Waals surface area contributed by atoms with Crippen molar-refractivity contribution in [2.24, 2.45) is 0 Å². The number of carboxylic acid groups (broad SMARTS) is 1. The third-order valence-corrected chi connectivity index (χ3v) is 5.66. The van der Waals surface area contributed by atoms with E-state index in [1.165, 1.54) is 12.5 Å². The number of hydrogen-bond acceptors (Lipinski definition) is 4. The Kier molecular flexibility index (Phi) is 6.13. The summed E-state index contributed by atoms with van der Waals surface area (Å²) in [5, 5.41) is 16.5. The van der Waals surface area contributed by atoms with Gasteiger partial charge in [-0.2, -0.15) is 0 Å². The smallest absolute Gasteiger partial charge is 0.404 e. The fraction of sp³-hybridized carbons (Fsp3) is 0.292. The molecule has 0 bridgehead atoms. The Hall–Kier alpha value is -3.45. The highest BCUT2D eigenvalue weighted by molar-refractivity contribution is 5.96. The lowest BCUT2D eigenvalue weighted by Crippen LogP contribution is -2.43. The fourth-order valence-corrected chi connectivity index (χ4v) is 4.14. The predicted octanol–water partition coefficient (Wildman–Crippen LogP) is 4.09. The number of fused-ring (bicyclic) bond motifs is 1. The van der Waals surface area contributed by atoms with Gasteiger partial charge in [0.15, 0.2) is 0 Å². The minimum Gasteiger partial charge on any atom is -0.465 e. The van der Waals surface area contributed by atoms with Crippen LogP contribution in [-0.4, -0.2) is 46.1 Å². The second-order valence-electron chi connectivity index (χ2n) is 8.00. The number of anilines is 1. The molecule has 4 rings (SSSR count). The molecule has 1 aliphatic heterocycles. The van der Waals surface area contributed by atoms with Crippen molar-refractivity contribution < 1.29 is 14.7 Å². The van der Waals surface area contributed by atoms with Crippen LogP contribution in [0.4, 0.5) is 10.5 Å². The van der Waals surface area contributed by atoms with E-state index in [1.807, 2.05) is 36.7 Å². The van der Waals surface area contributed by atoms with Gasteiger partial charge in [0.1, 0.15) is 0 Å². The Morgan fingerprint density at radius 3 is 2.52 bits per heavy atom. The zero-order chi connectivity index (χ0) is 21.8. The zero-order valence-electron chi connectivity index (χ0n) is 17.5. The molecule has 7 nitrogen and oxygen atoms in total. The van der Waals surface area contributed by atoms with Crippen LogP contribution in [-0.2, 0) is 11.3 Å². The number of carbonyl (C=O) groups is 2. The fourth-order valence-electron chi connectivity index (χ4n) is 4.14. The lowest BCUT2D eigenvalue weighted by molar-refractivity contribution is -0.114. The van der Waals surface area contributed by atoms with Gasteiger partial charge < -0.3 is 15.7 Å². The second kappa shape index (κ2) is 9.14. The third kappa shape index (κ3) is 5.19. The van der Waals surface area contributed by atoms with Crippen LogP contribution in [0.15, 0.2) is 54.9 Å². The summed E-state index contributed by atoms with van der Waals surface area (Å²) < 4.78 is 0. The van der Waals surface area contributed by atoms with E-state index < -0.39 is 6.09 Å². The lowest BCUT2D eigenvalue weighted by atomic mass is 9.98. The Balaban J connectivity index is 1.52. The number of aromatic nitrogens is 1. The van der Waals surface area contributed by atoms with Crippen LogP contribution in [0, 0.1) is 0 Å². The number of nitrogens with zero attached hydrogens (tertiary/aromatic N) is 2. The SMILES string of the molecule is CC(=O)Nc1ccc(-c2cncc3ccc(CN4CCC(NC(=O)O)CC4)cc23)cc1. The molecule has 31 heavy (non-hydrogen) atoms. The number of hydrogen-bond donors (Lipinski definition) is 3. The van der Waals surface area contributed by atoms with E-state index in [0.29, 0.717) is 0 Å². The first kappa shape index (κ1) is 20.8. The number of likely N-dealkylation sites (tertiary alicyclic amines) is 1. The summed E-state index contributed by atoms with van der Waals surface area (Å²) in [6.45, 7) is 4.07. The molecule has 1 aromatic heterocycles. The van der Waals surface area contributed by atoms with Crippen LogP contribution in [0.1, 0.15) is 25.3 Å². The van der Waals surface area contributed by atoms with E-state index in [4.69, 9.17) is 5.11 Å². The standard InChI is InChI=1S/C24H26N4O3/c1-16(29)26-20-6-4-18(5-7-20)23-14-25-13-19-3-2-17(12-22(19)23)15-28-10-8-21(9-11-28)27-24(30)31/h2-7,12-14,21,27H,8-11,15H2,1H3,(H,26,29)(H,30,31). The Labute approximate surface area is 181 Å². The van der Waals surface area contributed by atoms with Crippen LogP contribution in [0.3, 0.4) is 0 Å². The molecule has 160 valence electrons. The first-order chi connectivity index (χ1) is 15.0. The normalized spacial score (nSPS) is 15.0. The molecule has 0 unspecified atom stereocenters. The van der Waals surface area contributed by atoms with Crippen LogP contribution < -0.4 is 10.6 Å². The Bertz CT molecular complexity index is 1090. The summed E-state index contributed by atoms with van der Waals surface area (Å²) in [5.41, 5.74) is 4.09. The average Bonchev–Trinajstić information content (AvgIpc) is 2.74. The van der Waals surface area contributed by atoms with Gasteiger partial charge >= 0.3 is 6.09 Å². The number of carbonyl (C=O) groups excluding carboxylic acids is 1. The van der Waals surface area contributed by atoms with Crippen molar-refractivity contribution in [2.45, 2.75) is 32.4 Å². The number of nitrogens with one attached hydrogen (secondary N) is 2. The minimum absolute atomic E-state index is 0.0449. The van der Waals surface area contributed by atoms with Gasteiger partial charge in [0, 0.05) is 61.6 Å². The van der Waals surface area contributed by atoms with E-state index in [-0.39, 0.29) is 11.9 Å². The van der Waals surface area contributed by atoms with Crippen LogP contribution in [0.5, 0.6) is 0 Å². The highest BCUT2D eigenvalue weighted by Gasteiger charge is 2.20. The van der Waals surface area contributed by atoms with Gasteiger partial charge in [0.05, 0.1) is 0 Å². The molecule has 2 aromatic carbocycles. The molecule has 1 aliphatic rings. The molecule has 0 atom stereocenters. The maximum absolute atomic E-state index is 11.3. The number of pyridine rings is 1. The number of amides is 2. The molecule has 3 N–H and O–H groups in total. The molecule has 2 amide bonds. The van der Waals surface area contributed by atoms with Crippen molar-refractivity contribution in [1.82, 2.24) is 15.2 Å². The van der Waals surface area contributed by atoms with Crippen LogP contribution in [0.2, 0.25) is 0 Å². The van der Waals surface area contributed by atoms with Crippen molar-refractivity contribution in [3.8, 4) is 11.1 Å². The molecular weight excluding hydrogens is 392 g/mol. The number of rotatable bonds is 5. The van der Waals surface area contributed by atoms with Crippen LogP contribution in [0.25, 0.3) is 21.9 Å². The molecule has 0 radical (unpaired) electrons. The van der Waals surface area contributed by atoms with Gasteiger partial charge in [-0.15, -0.1) is 0 Å². The molecule has 0 spiro atoms. The maximum atomic E-state index is 11.3. The number of piperidine rings is 1. The molecular formula is C24H26N4O3. The van der Waals surface area contributed by atoms with Crippen molar-refractivity contribution in [2.75, 3.05) is 18.4 Å². The molecule has 2 heterocycles. The minimum atomic E-state index is -0.945. The first-order valence-electron chi connectivity index (χ1n) is 10.4. The van der Waals surface area contributed by atoms with Crippen molar-refractivity contribution in [1.29, 1.82) is 0 Å². The van der Waals surface area contributed by atoms with Crippen LogP contribution >= 0.6 is 0 Å². The molecule has 0 aliphatic carbocycles. The summed E-state index contributed by atoms with van der Waals surface area (Å²) in [7, 11) is 0. The topological polar surface area (TPSA) is 94.6 Å². The van der Waals surface area contributed by atoms with E-state index in [1.54, 1.807) is 0 Å². The summed E-state index contributed by atoms with van der Waals surface area (Å²) in [4.78, 5) is 28.9. The Morgan fingerprint density at radius 2 is 1.84 bits per heavy atom. The van der Waals surface area contributed by atoms with Gasteiger partial charge in [-0.05, 0) is 47.6 Å². The summed E-state index contributed by atoms with van der Waals surface area (Å²) >= 11 is 0. The lowest BCUT2D eigenvalue weighted by Gasteiger charge is -2.31. The summed E-state index contributed by atoms with van der Waals surface area (Å²) in [5.74, 6) is -0.0907. The van der Waals surface area contributed by atoms with Gasteiger partial charge in [0.25, 0.3) is 0 Å². The molecule has 0 saturated carbocycles. The van der Waals surface area contributed by atoms with Crippen molar-refractivity contribution in [3.63, 3.8) is 0 Å². The predicted molar refractivity (Wildman–Crippen MR) is 121 cm³/mol. The highest BCUT2D eigenvalue weighted by atomic mass is 16.4. The molecule has 7 heteroatoms. The number of benzene rings is 2. The van der Waals surface area contributed by atoms with Gasteiger partial charge in [-0.25, -0.2) is 4.79 Å². The quantitative estimate of drug-likeness (QED) is 0.580.